The summed E-state index contributed by atoms with van der Waals surface area (Å²) in [6.07, 6.45) is 2.62. The first kappa shape index (κ1) is 19.8. The van der Waals surface area contributed by atoms with Crippen LogP contribution >= 0.6 is 11.8 Å². The van der Waals surface area contributed by atoms with Gasteiger partial charge in [-0.1, -0.05) is 36.4 Å². The highest BCUT2D eigenvalue weighted by Gasteiger charge is 2.40. The lowest BCUT2D eigenvalue weighted by Gasteiger charge is -2.43. The fraction of sp³-hybridized carbons (Fsp3) is 0.304. The molecular formula is C23H21N3O4S. The van der Waals surface area contributed by atoms with E-state index < -0.39 is 11.1 Å². The summed E-state index contributed by atoms with van der Waals surface area (Å²) in [7, 11) is 0. The van der Waals surface area contributed by atoms with Crippen molar-refractivity contribution in [2.75, 3.05) is 19.6 Å². The van der Waals surface area contributed by atoms with Crippen molar-refractivity contribution in [3.8, 4) is 0 Å². The van der Waals surface area contributed by atoms with Crippen LogP contribution in [0, 0.1) is 5.92 Å². The Morgan fingerprint density at radius 2 is 1.81 bits per heavy atom. The number of fused-ring (bicyclic) bond motifs is 4. The molecule has 31 heavy (non-hydrogen) atoms. The maximum absolute atomic E-state index is 13.0. The summed E-state index contributed by atoms with van der Waals surface area (Å²) in [6.45, 7) is 1.37. The van der Waals surface area contributed by atoms with Gasteiger partial charge in [0.15, 0.2) is 0 Å². The molecule has 158 valence electrons. The third kappa shape index (κ3) is 3.72. The van der Waals surface area contributed by atoms with E-state index in [2.05, 4.69) is 0 Å². The normalized spacial score (nSPS) is 23.9. The van der Waals surface area contributed by atoms with E-state index in [1.807, 2.05) is 41.0 Å². The molecule has 3 aliphatic heterocycles. The zero-order valence-corrected chi connectivity index (χ0v) is 17.6. The summed E-state index contributed by atoms with van der Waals surface area (Å²) in [5.41, 5.74) is 1.78. The van der Waals surface area contributed by atoms with Crippen molar-refractivity contribution < 1.29 is 14.4 Å². The number of aromatic nitrogens is 1. The van der Waals surface area contributed by atoms with Crippen LogP contribution in [0.3, 0.4) is 0 Å². The summed E-state index contributed by atoms with van der Waals surface area (Å²) in [5.74, 6) is -0.368. The molecule has 4 heterocycles. The predicted molar refractivity (Wildman–Crippen MR) is 117 cm³/mol. The van der Waals surface area contributed by atoms with Crippen molar-refractivity contribution >= 4 is 34.9 Å². The number of hydrogen-bond donors (Lipinski definition) is 0. The molecule has 0 N–H and O–H groups in total. The summed E-state index contributed by atoms with van der Waals surface area (Å²) >= 11 is 0.864. The second-order valence-electron chi connectivity index (χ2n) is 8.18. The molecule has 3 amide bonds. The molecule has 7 nitrogen and oxygen atoms in total. The minimum Gasteiger partial charge on any atom is -0.340 e. The molecule has 1 aromatic carbocycles. The smallest absolute Gasteiger partial charge is 0.294 e. The van der Waals surface area contributed by atoms with E-state index in [0.717, 1.165) is 34.3 Å². The number of amides is 3. The number of carbonyl (C=O) groups is 3. The van der Waals surface area contributed by atoms with E-state index in [1.54, 1.807) is 23.1 Å². The van der Waals surface area contributed by atoms with Gasteiger partial charge in [0.05, 0.1) is 4.91 Å². The molecular weight excluding hydrogens is 414 g/mol. The Balaban J connectivity index is 1.30. The number of piperidine rings is 1. The highest BCUT2D eigenvalue weighted by Crippen LogP contribution is 2.36. The van der Waals surface area contributed by atoms with Crippen molar-refractivity contribution in [2.24, 2.45) is 5.92 Å². The second-order valence-corrected chi connectivity index (χ2v) is 9.17. The molecule has 0 aliphatic carbocycles. The van der Waals surface area contributed by atoms with Crippen LogP contribution < -0.4 is 5.56 Å². The molecule has 0 spiro atoms. The third-order valence-corrected chi connectivity index (χ3v) is 7.00. The van der Waals surface area contributed by atoms with Crippen LogP contribution in [0.2, 0.25) is 0 Å². The first-order valence-corrected chi connectivity index (χ1v) is 11.1. The topological polar surface area (TPSA) is 79.7 Å². The number of hydrogen-bond acceptors (Lipinski definition) is 5. The predicted octanol–water partition coefficient (Wildman–Crippen LogP) is 2.53. The standard InChI is InChI=1S/C23H21N3O4S/c27-20-8-4-7-18-17-9-16(12-25(18)20)11-24(13-17)21(28)14-26-22(29)19(31-23(26)30)10-15-5-2-1-3-6-15/h1-8,10,16-17H,9,11-14H2/b19-10-/t16-,17+/m1/s1. The van der Waals surface area contributed by atoms with Crippen molar-refractivity contribution in [1.82, 2.24) is 14.4 Å². The van der Waals surface area contributed by atoms with Crippen molar-refractivity contribution in [2.45, 2.75) is 18.9 Å². The molecule has 0 radical (unpaired) electrons. The highest BCUT2D eigenvalue weighted by atomic mass is 32.2. The Morgan fingerprint density at radius 1 is 1.00 bits per heavy atom. The Kier molecular flexibility index (Phi) is 5.02. The highest BCUT2D eigenvalue weighted by molar-refractivity contribution is 8.18. The molecule has 2 atom stereocenters. The van der Waals surface area contributed by atoms with Crippen LogP contribution in [0.15, 0.2) is 58.2 Å². The Morgan fingerprint density at radius 3 is 2.61 bits per heavy atom. The lowest BCUT2D eigenvalue weighted by Crippen LogP contribution is -2.51. The third-order valence-electron chi connectivity index (χ3n) is 6.10. The molecule has 8 heteroatoms. The Bertz CT molecular complexity index is 1160. The Hall–Kier alpha value is -3.13. The lowest BCUT2D eigenvalue weighted by molar-refractivity contribution is -0.138. The quantitative estimate of drug-likeness (QED) is 0.693. The van der Waals surface area contributed by atoms with E-state index in [-0.39, 0.29) is 29.8 Å². The van der Waals surface area contributed by atoms with Crippen molar-refractivity contribution in [1.29, 1.82) is 0 Å². The molecule has 2 aromatic rings. The van der Waals surface area contributed by atoms with Gasteiger partial charge < -0.3 is 9.47 Å². The summed E-state index contributed by atoms with van der Waals surface area (Å²) < 4.78 is 1.81. The molecule has 0 saturated carbocycles. The average Bonchev–Trinajstić information content (AvgIpc) is 3.02. The molecule has 5 rings (SSSR count). The van der Waals surface area contributed by atoms with Gasteiger partial charge in [-0.25, -0.2) is 0 Å². The summed E-state index contributed by atoms with van der Waals surface area (Å²) in [4.78, 5) is 53.4. The second kappa shape index (κ2) is 7.85. The molecule has 2 bridgehead atoms. The number of likely N-dealkylation sites (tertiary alicyclic amines) is 1. The van der Waals surface area contributed by atoms with Crippen molar-refractivity contribution in [3.05, 3.63) is 75.0 Å². The van der Waals surface area contributed by atoms with Gasteiger partial charge in [-0.3, -0.25) is 24.1 Å². The monoisotopic (exact) mass is 435 g/mol. The van der Waals surface area contributed by atoms with Crippen molar-refractivity contribution in [3.63, 3.8) is 0 Å². The first-order chi connectivity index (χ1) is 15.0. The number of benzene rings is 1. The van der Waals surface area contributed by atoms with Crippen LogP contribution in [-0.4, -0.2) is 51.1 Å². The van der Waals surface area contributed by atoms with Gasteiger partial charge in [-0.2, -0.15) is 0 Å². The Labute approximate surface area is 183 Å². The van der Waals surface area contributed by atoms with Gasteiger partial charge in [0.1, 0.15) is 6.54 Å². The summed E-state index contributed by atoms with van der Waals surface area (Å²) in [5, 5.41) is -0.422. The van der Waals surface area contributed by atoms with Crippen LogP contribution in [0.5, 0.6) is 0 Å². The van der Waals surface area contributed by atoms with Gasteiger partial charge in [0.2, 0.25) is 5.91 Å². The van der Waals surface area contributed by atoms with Gasteiger partial charge in [-0.05, 0) is 41.8 Å². The SMILES string of the molecule is O=C(CN1C(=O)S/C(=C\c2ccccc2)C1=O)N1C[C@H]2C[C@@H](C1)c1cccc(=O)n1C2. The van der Waals surface area contributed by atoms with Gasteiger partial charge in [-0.15, -0.1) is 0 Å². The largest absolute Gasteiger partial charge is 0.340 e. The van der Waals surface area contributed by atoms with E-state index in [1.165, 1.54) is 0 Å². The summed E-state index contributed by atoms with van der Waals surface area (Å²) in [6, 6.07) is 14.6. The van der Waals surface area contributed by atoms with E-state index in [0.29, 0.717) is 24.5 Å². The first-order valence-electron chi connectivity index (χ1n) is 10.3. The number of nitrogens with zero attached hydrogens (tertiary/aromatic N) is 3. The minimum atomic E-state index is -0.429. The van der Waals surface area contributed by atoms with Gasteiger partial charge in [0.25, 0.3) is 16.7 Å². The zero-order valence-electron chi connectivity index (χ0n) is 16.8. The average molecular weight is 436 g/mol. The molecule has 2 saturated heterocycles. The number of carbonyl (C=O) groups excluding carboxylic acids is 3. The number of thioether (sulfide) groups is 1. The molecule has 0 unspecified atom stereocenters. The van der Waals surface area contributed by atoms with Crippen LogP contribution in [-0.2, 0) is 16.1 Å². The van der Waals surface area contributed by atoms with E-state index >= 15 is 0 Å². The zero-order chi connectivity index (χ0) is 21.5. The number of pyridine rings is 1. The lowest BCUT2D eigenvalue weighted by atomic mass is 9.83. The molecule has 3 aliphatic rings. The fourth-order valence-electron chi connectivity index (χ4n) is 4.67. The number of rotatable bonds is 3. The maximum atomic E-state index is 13.0. The van der Waals surface area contributed by atoms with Gasteiger partial charge in [0, 0.05) is 37.3 Å². The molecule has 1 aromatic heterocycles. The number of imide groups is 1. The maximum Gasteiger partial charge on any atom is 0.294 e. The van der Waals surface area contributed by atoms with Crippen LogP contribution in [0.4, 0.5) is 4.79 Å². The molecule has 2 fully saturated rings. The van der Waals surface area contributed by atoms with Crippen LogP contribution in [0.25, 0.3) is 6.08 Å². The van der Waals surface area contributed by atoms with Gasteiger partial charge >= 0.3 is 0 Å². The fourth-order valence-corrected chi connectivity index (χ4v) is 5.51. The van der Waals surface area contributed by atoms with Crippen LogP contribution in [0.1, 0.15) is 23.6 Å². The van der Waals surface area contributed by atoms with E-state index in [4.69, 9.17) is 0 Å². The minimum absolute atomic E-state index is 0.00464. The van der Waals surface area contributed by atoms with E-state index in [9.17, 15) is 19.2 Å².